The van der Waals surface area contributed by atoms with Gasteiger partial charge in [-0.15, -0.1) is 0 Å². The second kappa shape index (κ2) is 15.4. The minimum atomic E-state index is -1.69. The number of hydrogen-bond acceptors (Lipinski definition) is 8. The molecular formula is C6H9N2NaO9. The third-order valence-corrected chi connectivity index (χ3v) is 0.984. The van der Waals surface area contributed by atoms with E-state index in [2.05, 4.69) is 0 Å². The van der Waals surface area contributed by atoms with E-state index in [1.54, 1.807) is 0 Å². The molecule has 0 rings (SSSR count). The molecule has 0 aromatic rings. The molecule has 0 bridgehead atoms. The van der Waals surface area contributed by atoms with Crippen molar-refractivity contribution in [1.82, 2.24) is 0 Å². The molecule has 98 valence electrons. The van der Waals surface area contributed by atoms with Crippen molar-refractivity contribution >= 4 is 54.3 Å². The summed E-state index contributed by atoms with van der Waals surface area (Å²) in [7, 11) is 0. The van der Waals surface area contributed by atoms with Crippen LogP contribution in [0.2, 0.25) is 0 Å². The summed E-state index contributed by atoms with van der Waals surface area (Å²) in [6.45, 7) is 0. The van der Waals surface area contributed by atoms with E-state index in [1.807, 2.05) is 0 Å². The summed E-state index contributed by atoms with van der Waals surface area (Å²) in [6.07, 6.45) is -0.474. The Kier molecular flexibility index (Phi) is 21.7. The topological polar surface area (TPSA) is 186 Å². The van der Waals surface area contributed by atoms with Gasteiger partial charge in [0, 0.05) is 4.92 Å². The normalized spacial score (nSPS) is 7.39. The molecule has 0 aliphatic rings. The second-order valence-electron chi connectivity index (χ2n) is 2.07. The Morgan fingerprint density at radius 3 is 1.56 bits per heavy atom. The maximum absolute atomic E-state index is 9.81. The molecule has 0 heterocycles. The van der Waals surface area contributed by atoms with Crippen LogP contribution < -0.4 is 0 Å². The van der Waals surface area contributed by atoms with Crippen LogP contribution in [0.5, 0.6) is 0 Å². The maximum atomic E-state index is 9.81. The Labute approximate surface area is 121 Å². The Balaban J connectivity index is -0.0000000980. The number of nitro groups is 2. The Bertz CT molecular complexity index is 310. The molecule has 0 atom stereocenters. The number of rotatable bonds is 5. The summed E-state index contributed by atoms with van der Waals surface area (Å²) in [5.41, 5.74) is 0. The van der Waals surface area contributed by atoms with Gasteiger partial charge in [0.1, 0.15) is 17.6 Å². The second-order valence-corrected chi connectivity index (χ2v) is 2.07. The van der Waals surface area contributed by atoms with E-state index in [0.717, 1.165) is 0 Å². The molecule has 0 saturated carbocycles. The van der Waals surface area contributed by atoms with Gasteiger partial charge >= 0.3 is 41.5 Å². The SMILES string of the molecule is O.O=CC(C=O)[N+](=O)[O-].O=CCC(=O)[N+](=O)[O-].[NaH]. The van der Waals surface area contributed by atoms with Gasteiger partial charge in [-0.2, -0.15) is 0 Å². The monoisotopic (exact) mass is 276 g/mol. The zero-order valence-electron chi connectivity index (χ0n) is 8.18. The minimum absolute atomic E-state index is 0. The van der Waals surface area contributed by atoms with Gasteiger partial charge < -0.3 is 10.3 Å². The van der Waals surface area contributed by atoms with Gasteiger partial charge in [-0.05, 0) is 0 Å². The van der Waals surface area contributed by atoms with Crippen LogP contribution in [0.25, 0.3) is 0 Å². The Hall–Kier alpha value is -1.56. The van der Waals surface area contributed by atoms with E-state index < -0.39 is 28.2 Å². The fraction of sp³-hybridized carbons (Fsp3) is 0.333. The molecular weight excluding hydrogens is 267 g/mol. The van der Waals surface area contributed by atoms with Gasteiger partial charge in [-0.1, -0.05) is 0 Å². The molecule has 18 heavy (non-hydrogen) atoms. The molecule has 0 unspecified atom stereocenters. The van der Waals surface area contributed by atoms with Gasteiger partial charge in [-0.3, -0.25) is 29.8 Å². The fourth-order valence-electron chi connectivity index (χ4n) is 0.277. The molecule has 0 aromatic heterocycles. The third-order valence-electron chi connectivity index (χ3n) is 0.984. The van der Waals surface area contributed by atoms with Crippen LogP contribution in [-0.4, -0.2) is 75.7 Å². The Morgan fingerprint density at radius 2 is 1.50 bits per heavy atom. The van der Waals surface area contributed by atoms with Crippen LogP contribution in [-0.2, 0) is 19.2 Å². The van der Waals surface area contributed by atoms with Crippen molar-refractivity contribution in [3.8, 4) is 0 Å². The predicted molar refractivity (Wildman–Crippen MR) is 56.4 cm³/mol. The average molecular weight is 276 g/mol. The predicted octanol–water partition coefficient (Wildman–Crippen LogP) is -3.06. The summed E-state index contributed by atoms with van der Waals surface area (Å²) in [4.78, 5) is 55.0. The number of carbonyl (C=O) groups excluding carboxylic acids is 4. The van der Waals surface area contributed by atoms with Crippen molar-refractivity contribution < 1.29 is 34.5 Å². The molecule has 0 spiro atoms. The molecule has 0 saturated heterocycles. The van der Waals surface area contributed by atoms with Crippen molar-refractivity contribution in [2.24, 2.45) is 0 Å². The molecule has 0 radical (unpaired) electrons. The number of hydrogen-bond donors (Lipinski definition) is 0. The number of carbonyl (C=O) groups is 4. The van der Waals surface area contributed by atoms with Crippen LogP contribution in [0.1, 0.15) is 6.42 Å². The Morgan fingerprint density at radius 1 is 1.11 bits per heavy atom. The summed E-state index contributed by atoms with van der Waals surface area (Å²) < 4.78 is 0. The van der Waals surface area contributed by atoms with Gasteiger partial charge in [0.25, 0.3) is 0 Å². The summed E-state index contributed by atoms with van der Waals surface area (Å²) >= 11 is 0. The molecule has 2 N–H and O–H groups in total. The first-order valence-electron chi connectivity index (χ1n) is 3.55. The van der Waals surface area contributed by atoms with Crippen molar-refractivity contribution in [1.29, 1.82) is 0 Å². The van der Waals surface area contributed by atoms with Crippen molar-refractivity contribution in [3.63, 3.8) is 0 Å². The van der Waals surface area contributed by atoms with E-state index >= 15 is 0 Å². The van der Waals surface area contributed by atoms with E-state index in [4.69, 9.17) is 0 Å². The van der Waals surface area contributed by atoms with Crippen LogP contribution >= 0.6 is 0 Å². The van der Waals surface area contributed by atoms with Gasteiger partial charge in [0.15, 0.2) is 0 Å². The summed E-state index contributed by atoms with van der Waals surface area (Å²) in [5, 5.41) is 18.9. The van der Waals surface area contributed by atoms with Crippen molar-refractivity contribution in [2.45, 2.75) is 12.5 Å². The van der Waals surface area contributed by atoms with Crippen LogP contribution in [0.15, 0.2) is 0 Å². The van der Waals surface area contributed by atoms with Crippen molar-refractivity contribution in [2.75, 3.05) is 0 Å². The first-order valence-corrected chi connectivity index (χ1v) is 3.55. The molecule has 0 fully saturated rings. The van der Waals surface area contributed by atoms with Gasteiger partial charge in [-0.25, -0.2) is 4.79 Å². The average Bonchev–Trinajstić information content (AvgIpc) is 2.20. The fourth-order valence-corrected chi connectivity index (χ4v) is 0.277. The molecule has 1 amide bonds. The first kappa shape index (κ1) is 25.3. The summed E-state index contributed by atoms with van der Waals surface area (Å²) in [5.74, 6) is -1.26. The zero-order valence-corrected chi connectivity index (χ0v) is 8.18. The van der Waals surface area contributed by atoms with E-state index in [0.29, 0.717) is 0 Å². The van der Waals surface area contributed by atoms with Gasteiger partial charge in [0.05, 0.1) is 0 Å². The zero-order chi connectivity index (χ0) is 13.1. The van der Waals surface area contributed by atoms with Crippen LogP contribution in [0.4, 0.5) is 0 Å². The van der Waals surface area contributed by atoms with Crippen LogP contribution in [0, 0.1) is 20.2 Å². The van der Waals surface area contributed by atoms with Crippen molar-refractivity contribution in [3.05, 3.63) is 20.2 Å². The van der Waals surface area contributed by atoms with E-state index in [9.17, 15) is 39.4 Å². The van der Waals surface area contributed by atoms with Crippen LogP contribution in [0.3, 0.4) is 0 Å². The first-order chi connectivity index (χ1) is 7.40. The molecule has 12 heteroatoms. The standard InChI is InChI=1S/2C3H3NO4.Na.H2O.H/c5-1-3(2-6)4(7)8;5-2-1-3(6)4(7)8;;;/h1-3H;2H,1H2;;1H2;. The summed E-state index contributed by atoms with van der Waals surface area (Å²) in [6, 6.07) is -1.69. The molecule has 0 aliphatic heterocycles. The quantitative estimate of drug-likeness (QED) is 0.166. The molecule has 0 aliphatic carbocycles. The van der Waals surface area contributed by atoms with Gasteiger partial charge in [0.2, 0.25) is 12.6 Å². The third kappa shape index (κ3) is 14.4. The van der Waals surface area contributed by atoms with E-state index in [1.165, 1.54) is 0 Å². The molecule has 0 aromatic carbocycles. The number of nitrogens with zero attached hydrogens (tertiary/aromatic N) is 2. The van der Waals surface area contributed by atoms with E-state index in [-0.39, 0.29) is 53.9 Å². The molecule has 11 nitrogen and oxygen atoms in total. The number of aldehydes is 3. The number of amides is 1.